The average molecular weight is 339 g/mol. The average Bonchev–Trinajstić information content (AvgIpc) is 3.06. The molecule has 0 spiro atoms. The lowest BCUT2D eigenvalue weighted by molar-refractivity contribution is 0.0315. The van der Waals surface area contributed by atoms with Crippen LogP contribution in [0.5, 0.6) is 0 Å². The summed E-state index contributed by atoms with van der Waals surface area (Å²) in [6.07, 6.45) is 6.10. The lowest BCUT2D eigenvalue weighted by Gasteiger charge is -2.32. The first kappa shape index (κ1) is 16.9. The van der Waals surface area contributed by atoms with Gasteiger partial charge in [-0.1, -0.05) is 12.1 Å². The fourth-order valence-corrected chi connectivity index (χ4v) is 3.81. The summed E-state index contributed by atoms with van der Waals surface area (Å²) in [5.74, 6) is 0. The number of hydrogen-bond donors (Lipinski definition) is 3. The molecule has 6 nitrogen and oxygen atoms in total. The summed E-state index contributed by atoms with van der Waals surface area (Å²) in [4.78, 5) is 5.78. The molecule has 23 heavy (non-hydrogen) atoms. The Morgan fingerprint density at radius 2 is 2.00 bits per heavy atom. The van der Waals surface area contributed by atoms with Crippen molar-refractivity contribution in [2.24, 2.45) is 0 Å². The first-order chi connectivity index (χ1) is 11.0. The van der Waals surface area contributed by atoms with E-state index in [1.54, 1.807) is 12.1 Å². The molecule has 3 N–H and O–H groups in total. The summed E-state index contributed by atoms with van der Waals surface area (Å²) in [5.41, 5.74) is 4.04. The minimum Gasteiger partial charge on any atom is -0.299 e. The van der Waals surface area contributed by atoms with E-state index < -0.39 is 9.84 Å². The van der Waals surface area contributed by atoms with Gasteiger partial charge in [0.1, 0.15) is 0 Å². The quantitative estimate of drug-likeness (QED) is 0.746. The molecular weight excluding hydrogens is 314 g/mol. The second-order valence-electron chi connectivity index (χ2n) is 6.38. The summed E-state index contributed by atoms with van der Waals surface area (Å²) in [5, 5.41) is 7.14. The second-order valence-corrected chi connectivity index (χ2v) is 8.39. The maximum absolute atomic E-state index is 11.5. The lowest BCUT2D eigenvalue weighted by Crippen LogP contribution is -2.48. The van der Waals surface area contributed by atoms with Crippen LogP contribution >= 0.6 is 0 Å². The van der Waals surface area contributed by atoms with E-state index in [0.717, 1.165) is 44.3 Å². The highest BCUT2D eigenvalue weighted by molar-refractivity contribution is 7.90. The van der Waals surface area contributed by atoms with E-state index in [4.69, 9.17) is 4.84 Å². The minimum atomic E-state index is -3.13. The van der Waals surface area contributed by atoms with E-state index in [0.29, 0.717) is 4.90 Å². The first-order valence-corrected chi connectivity index (χ1v) is 10.1. The van der Waals surface area contributed by atoms with Gasteiger partial charge < -0.3 is 0 Å². The number of hydroxylamine groups is 1. The van der Waals surface area contributed by atoms with Crippen LogP contribution < -0.4 is 16.1 Å². The fourth-order valence-electron chi connectivity index (χ4n) is 3.18. The van der Waals surface area contributed by atoms with E-state index in [1.165, 1.54) is 6.26 Å². The molecule has 0 radical (unpaired) electrons. The Morgan fingerprint density at radius 1 is 1.22 bits per heavy atom. The summed E-state index contributed by atoms with van der Waals surface area (Å²) in [6.45, 7) is 1.75. The Bertz CT molecular complexity index is 612. The van der Waals surface area contributed by atoms with E-state index in [-0.39, 0.29) is 18.3 Å². The molecule has 2 aliphatic heterocycles. The molecule has 3 unspecified atom stereocenters. The van der Waals surface area contributed by atoms with Gasteiger partial charge in [-0.25, -0.2) is 13.9 Å². The summed E-state index contributed by atoms with van der Waals surface area (Å²) in [6, 6.07) is 7.49. The number of benzene rings is 1. The van der Waals surface area contributed by atoms with Crippen molar-refractivity contribution in [2.45, 2.75) is 48.9 Å². The van der Waals surface area contributed by atoms with Crippen LogP contribution in [0.2, 0.25) is 0 Å². The fraction of sp³-hybridized carbons (Fsp3) is 0.625. The van der Waals surface area contributed by atoms with Gasteiger partial charge in [0.2, 0.25) is 0 Å². The lowest BCUT2D eigenvalue weighted by atomic mass is 9.96. The first-order valence-electron chi connectivity index (χ1n) is 8.20. The second kappa shape index (κ2) is 7.27. The number of sulfone groups is 1. The molecular formula is C16H25N3O3S. The Hall–Kier alpha value is -0.990. The van der Waals surface area contributed by atoms with Gasteiger partial charge >= 0.3 is 0 Å². The molecule has 3 atom stereocenters. The standard InChI is InChI=1S/C16H25N3O3S/c1-23(20,21)14-7-5-12(6-8-14)15-3-2-4-16(19-15)17-11-13-9-10-18-22-13/h5-8,13,15-19H,2-4,9-11H2,1H3. The molecule has 0 saturated carbocycles. The van der Waals surface area contributed by atoms with Gasteiger partial charge in [0.15, 0.2) is 9.84 Å². The molecule has 3 rings (SSSR count). The van der Waals surface area contributed by atoms with Gasteiger partial charge in [-0.15, -0.1) is 0 Å². The summed E-state index contributed by atoms with van der Waals surface area (Å²) >= 11 is 0. The highest BCUT2D eigenvalue weighted by atomic mass is 32.2. The Kier molecular flexibility index (Phi) is 5.33. The van der Waals surface area contributed by atoms with Gasteiger partial charge in [0.25, 0.3) is 0 Å². The smallest absolute Gasteiger partial charge is 0.175 e. The van der Waals surface area contributed by atoms with Crippen molar-refractivity contribution < 1.29 is 13.3 Å². The summed E-state index contributed by atoms with van der Waals surface area (Å²) in [7, 11) is -3.13. The van der Waals surface area contributed by atoms with Crippen molar-refractivity contribution in [1.82, 2.24) is 16.1 Å². The third-order valence-electron chi connectivity index (χ3n) is 4.51. The highest BCUT2D eigenvalue weighted by Gasteiger charge is 2.24. The molecule has 7 heteroatoms. The van der Waals surface area contributed by atoms with Gasteiger partial charge in [0.05, 0.1) is 17.2 Å². The van der Waals surface area contributed by atoms with E-state index in [1.807, 2.05) is 12.1 Å². The number of rotatable bonds is 5. The van der Waals surface area contributed by atoms with Crippen molar-refractivity contribution in [3.8, 4) is 0 Å². The normalized spacial score (nSPS) is 28.8. The van der Waals surface area contributed by atoms with Crippen molar-refractivity contribution in [3.05, 3.63) is 29.8 Å². The molecule has 0 amide bonds. The zero-order valence-electron chi connectivity index (χ0n) is 13.4. The van der Waals surface area contributed by atoms with Crippen LogP contribution in [-0.2, 0) is 14.7 Å². The van der Waals surface area contributed by atoms with Crippen molar-refractivity contribution >= 4 is 9.84 Å². The molecule has 0 bridgehead atoms. The maximum Gasteiger partial charge on any atom is 0.175 e. The van der Waals surface area contributed by atoms with Crippen molar-refractivity contribution in [1.29, 1.82) is 0 Å². The van der Waals surface area contributed by atoms with Crippen LogP contribution in [0.15, 0.2) is 29.2 Å². The molecule has 2 aliphatic rings. The molecule has 0 aliphatic carbocycles. The molecule has 1 aromatic rings. The van der Waals surface area contributed by atoms with Crippen molar-refractivity contribution in [3.63, 3.8) is 0 Å². The van der Waals surface area contributed by atoms with Crippen LogP contribution in [-0.4, -0.2) is 40.0 Å². The topological polar surface area (TPSA) is 79.5 Å². The molecule has 2 fully saturated rings. The SMILES string of the molecule is CS(=O)(=O)c1ccc(C2CCCC(NCC3CCNO3)N2)cc1. The van der Waals surface area contributed by atoms with E-state index in [2.05, 4.69) is 16.1 Å². The summed E-state index contributed by atoms with van der Waals surface area (Å²) < 4.78 is 23.1. The Labute approximate surface area is 137 Å². The van der Waals surface area contributed by atoms with Gasteiger partial charge in [0, 0.05) is 25.4 Å². The predicted octanol–water partition coefficient (Wildman–Crippen LogP) is 1.11. The van der Waals surface area contributed by atoms with Crippen LogP contribution in [0.4, 0.5) is 0 Å². The van der Waals surface area contributed by atoms with Gasteiger partial charge in [-0.3, -0.25) is 15.5 Å². The van der Waals surface area contributed by atoms with Crippen molar-refractivity contribution in [2.75, 3.05) is 19.3 Å². The third-order valence-corrected chi connectivity index (χ3v) is 5.64. The number of nitrogens with one attached hydrogen (secondary N) is 3. The third kappa shape index (κ3) is 4.51. The molecule has 2 saturated heterocycles. The molecule has 1 aromatic carbocycles. The van der Waals surface area contributed by atoms with Crippen LogP contribution in [0, 0.1) is 0 Å². The maximum atomic E-state index is 11.5. The predicted molar refractivity (Wildman–Crippen MR) is 88.6 cm³/mol. The largest absolute Gasteiger partial charge is 0.299 e. The van der Waals surface area contributed by atoms with E-state index >= 15 is 0 Å². The van der Waals surface area contributed by atoms with Crippen LogP contribution in [0.3, 0.4) is 0 Å². The van der Waals surface area contributed by atoms with Gasteiger partial charge in [-0.2, -0.15) is 0 Å². The highest BCUT2D eigenvalue weighted by Crippen LogP contribution is 2.26. The monoisotopic (exact) mass is 339 g/mol. The molecule has 128 valence electrons. The minimum absolute atomic E-state index is 0.242. The van der Waals surface area contributed by atoms with E-state index in [9.17, 15) is 8.42 Å². The van der Waals surface area contributed by atoms with Crippen LogP contribution in [0.1, 0.15) is 37.3 Å². The Balaban J connectivity index is 1.57. The number of hydrogen-bond acceptors (Lipinski definition) is 6. The molecule has 2 heterocycles. The number of piperidine rings is 1. The Morgan fingerprint density at radius 3 is 2.65 bits per heavy atom. The van der Waals surface area contributed by atoms with Crippen LogP contribution in [0.25, 0.3) is 0 Å². The molecule has 0 aromatic heterocycles. The zero-order chi connectivity index (χ0) is 16.3. The van der Waals surface area contributed by atoms with Gasteiger partial charge in [-0.05, 0) is 43.4 Å². The zero-order valence-corrected chi connectivity index (χ0v) is 14.2.